The Labute approximate surface area is 168 Å². The first kappa shape index (κ1) is 18.5. The van der Waals surface area contributed by atoms with Crippen molar-refractivity contribution < 1.29 is 4.74 Å². The molecule has 28 heavy (non-hydrogen) atoms. The van der Waals surface area contributed by atoms with Crippen LogP contribution in [0.4, 0.5) is 0 Å². The third kappa shape index (κ3) is 3.72. The number of benzene rings is 4. The smallest absolute Gasteiger partial charge is 0.210 e. The molecule has 0 saturated heterocycles. The number of hydrogen-bond acceptors (Lipinski definition) is 1. The maximum atomic E-state index is 6.44. The maximum Gasteiger partial charge on any atom is 0.210 e. The Hall–Kier alpha value is -2.89. The van der Waals surface area contributed by atoms with Gasteiger partial charge in [0.15, 0.2) is 7.26 Å². The van der Waals surface area contributed by atoms with E-state index in [-0.39, 0.29) is 0 Å². The van der Waals surface area contributed by atoms with Crippen molar-refractivity contribution in [3.8, 4) is 5.75 Å². The zero-order valence-corrected chi connectivity index (χ0v) is 16.9. The van der Waals surface area contributed by atoms with E-state index in [0.29, 0.717) is 6.35 Å². The minimum atomic E-state index is -1.95. The third-order valence-electron chi connectivity index (χ3n) is 5.04. The zero-order chi connectivity index (χ0) is 19.2. The van der Waals surface area contributed by atoms with Gasteiger partial charge in [-0.2, -0.15) is 0 Å². The largest absolute Gasteiger partial charge is 0.458 e. The first-order valence-electron chi connectivity index (χ1n) is 9.53. The second-order valence-electron chi connectivity index (χ2n) is 6.90. The second kappa shape index (κ2) is 8.42. The van der Waals surface area contributed by atoms with Crippen molar-refractivity contribution in [2.75, 3.05) is 6.35 Å². The predicted molar refractivity (Wildman–Crippen MR) is 122 cm³/mol. The lowest BCUT2D eigenvalue weighted by Gasteiger charge is -2.27. The van der Waals surface area contributed by atoms with Crippen LogP contribution in [-0.4, -0.2) is 6.35 Å². The molecular weight excluding hydrogens is 359 g/mol. The summed E-state index contributed by atoms with van der Waals surface area (Å²) in [5, 5.41) is 4.00. The predicted octanol–water partition coefficient (Wildman–Crippen LogP) is 5.33. The SMILES string of the molecule is Cc1ccc(OC[P+](c2ccccc2)(c2ccccc2)c2ccccc2)cc1. The molecule has 0 unspecified atom stereocenters. The molecule has 4 aromatic rings. The van der Waals surface area contributed by atoms with Crippen molar-refractivity contribution in [3.05, 3.63) is 121 Å². The van der Waals surface area contributed by atoms with Gasteiger partial charge in [0.05, 0.1) is 0 Å². The zero-order valence-electron chi connectivity index (χ0n) is 16.0. The minimum Gasteiger partial charge on any atom is -0.458 e. The van der Waals surface area contributed by atoms with E-state index in [1.54, 1.807) is 0 Å². The molecule has 0 amide bonds. The van der Waals surface area contributed by atoms with Crippen molar-refractivity contribution in [3.63, 3.8) is 0 Å². The highest BCUT2D eigenvalue weighted by molar-refractivity contribution is 7.95. The molecule has 4 aromatic carbocycles. The quantitative estimate of drug-likeness (QED) is 0.409. The molecule has 1 nitrogen and oxygen atoms in total. The molecule has 0 aliphatic heterocycles. The molecule has 0 aliphatic carbocycles. The number of hydrogen-bond donors (Lipinski definition) is 0. The Bertz CT molecular complexity index is 900. The van der Waals surface area contributed by atoms with Crippen LogP contribution in [0, 0.1) is 6.92 Å². The summed E-state index contributed by atoms with van der Waals surface area (Å²) in [6.45, 7) is 2.10. The highest BCUT2D eigenvalue weighted by Crippen LogP contribution is 2.55. The van der Waals surface area contributed by atoms with Crippen molar-refractivity contribution in [2.45, 2.75) is 6.92 Å². The van der Waals surface area contributed by atoms with Crippen LogP contribution < -0.4 is 20.7 Å². The van der Waals surface area contributed by atoms with Gasteiger partial charge in [-0.15, -0.1) is 0 Å². The Kier molecular flexibility index (Phi) is 5.55. The summed E-state index contributed by atoms with van der Waals surface area (Å²) in [6, 6.07) is 40.8. The van der Waals surface area contributed by atoms with Crippen LogP contribution in [0.1, 0.15) is 5.56 Å². The van der Waals surface area contributed by atoms with Gasteiger partial charge in [0.2, 0.25) is 6.35 Å². The Morgan fingerprint density at radius 3 is 1.32 bits per heavy atom. The molecule has 0 aromatic heterocycles. The molecule has 0 radical (unpaired) electrons. The van der Waals surface area contributed by atoms with E-state index < -0.39 is 7.26 Å². The van der Waals surface area contributed by atoms with E-state index in [1.165, 1.54) is 21.5 Å². The summed E-state index contributed by atoms with van der Waals surface area (Å²) in [5.74, 6) is 0.915. The van der Waals surface area contributed by atoms with E-state index in [2.05, 4.69) is 122 Å². The van der Waals surface area contributed by atoms with Gasteiger partial charge >= 0.3 is 0 Å². The fraction of sp³-hybridized carbons (Fsp3) is 0.0769. The average Bonchev–Trinajstić information content (AvgIpc) is 2.78. The lowest BCUT2D eigenvalue weighted by molar-refractivity contribution is 0.388. The van der Waals surface area contributed by atoms with Gasteiger partial charge in [-0.3, -0.25) is 0 Å². The molecule has 0 heterocycles. The van der Waals surface area contributed by atoms with E-state index >= 15 is 0 Å². The van der Waals surface area contributed by atoms with Gasteiger partial charge in [-0.25, -0.2) is 0 Å². The second-order valence-corrected chi connectivity index (χ2v) is 10.3. The van der Waals surface area contributed by atoms with E-state index in [0.717, 1.165) is 5.75 Å². The van der Waals surface area contributed by atoms with Crippen molar-refractivity contribution in [1.29, 1.82) is 0 Å². The van der Waals surface area contributed by atoms with Crippen LogP contribution in [-0.2, 0) is 0 Å². The van der Waals surface area contributed by atoms with Crippen molar-refractivity contribution >= 4 is 23.2 Å². The number of rotatable bonds is 6. The molecule has 4 rings (SSSR count). The molecule has 0 fully saturated rings. The molecule has 0 atom stereocenters. The molecule has 138 valence electrons. The summed E-state index contributed by atoms with van der Waals surface area (Å²) in [4.78, 5) is 0. The van der Waals surface area contributed by atoms with E-state index in [9.17, 15) is 0 Å². The summed E-state index contributed by atoms with van der Waals surface area (Å²) >= 11 is 0. The highest BCUT2D eigenvalue weighted by atomic mass is 31.2. The Morgan fingerprint density at radius 2 is 0.929 bits per heavy atom. The lowest BCUT2D eigenvalue weighted by Crippen LogP contribution is -2.35. The standard InChI is InChI=1S/C26H24OP/c1-22-17-19-23(20-18-22)27-21-28(24-11-5-2-6-12-24,25-13-7-3-8-14-25)26-15-9-4-10-16-26/h2-20H,21H2,1H3/q+1. The molecular formula is C26H24OP+. The van der Waals surface area contributed by atoms with Gasteiger partial charge in [0.25, 0.3) is 0 Å². The Morgan fingerprint density at radius 1 is 0.536 bits per heavy atom. The average molecular weight is 383 g/mol. The molecule has 0 bridgehead atoms. The first-order chi connectivity index (χ1) is 13.8. The van der Waals surface area contributed by atoms with Crippen molar-refractivity contribution in [1.82, 2.24) is 0 Å². The highest BCUT2D eigenvalue weighted by Gasteiger charge is 2.46. The topological polar surface area (TPSA) is 9.23 Å². The first-order valence-corrected chi connectivity index (χ1v) is 11.5. The number of ether oxygens (including phenoxy) is 1. The van der Waals surface area contributed by atoms with Gasteiger partial charge in [-0.05, 0) is 55.5 Å². The lowest BCUT2D eigenvalue weighted by atomic mass is 10.2. The van der Waals surface area contributed by atoms with Gasteiger partial charge in [-0.1, -0.05) is 72.3 Å². The van der Waals surface area contributed by atoms with Gasteiger partial charge < -0.3 is 4.74 Å². The summed E-state index contributed by atoms with van der Waals surface area (Å²) in [5.41, 5.74) is 1.24. The van der Waals surface area contributed by atoms with Crippen LogP contribution >= 0.6 is 7.26 Å². The fourth-order valence-corrected chi connectivity index (χ4v) is 7.25. The molecule has 0 aliphatic rings. The molecule has 0 spiro atoms. The van der Waals surface area contributed by atoms with Crippen LogP contribution in [0.15, 0.2) is 115 Å². The number of aryl methyl sites for hydroxylation is 1. The molecule has 2 heteroatoms. The fourth-order valence-electron chi connectivity index (χ4n) is 3.52. The molecule has 0 saturated carbocycles. The summed E-state index contributed by atoms with van der Waals surface area (Å²) in [7, 11) is -1.95. The van der Waals surface area contributed by atoms with Gasteiger partial charge in [0.1, 0.15) is 21.7 Å². The van der Waals surface area contributed by atoms with Crippen LogP contribution in [0.5, 0.6) is 5.75 Å². The van der Waals surface area contributed by atoms with Crippen LogP contribution in [0.2, 0.25) is 0 Å². The minimum absolute atomic E-state index is 0.633. The Balaban J connectivity index is 1.86. The van der Waals surface area contributed by atoms with Gasteiger partial charge in [0, 0.05) is 0 Å². The van der Waals surface area contributed by atoms with E-state index in [4.69, 9.17) is 4.74 Å². The molecule has 0 N–H and O–H groups in total. The van der Waals surface area contributed by atoms with E-state index in [1.807, 2.05) is 0 Å². The summed E-state index contributed by atoms with van der Waals surface area (Å²) in [6.07, 6.45) is 0.633. The summed E-state index contributed by atoms with van der Waals surface area (Å²) < 4.78 is 6.44. The van der Waals surface area contributed by atoms with Crippen molar-refractivity contribution in [2.24, 2.45) is 0 Å². The van der Waals surface area contributed by atoms with Crippen LogP contribution in [0.25, 0.3) is 0 Å². The monoisotopic (exact) mass is 383 g/mol. The third-order valence-corrected chi connectivity index (χ3v) is 9.09. The normalized spacial score (nSPS) is 11.2. The van der Waals surface area contributed by atoms with Crippen LogP contribution in [0.3, 0.4) is 0 Å². The maximum absolute atomic E-state index is 6.44.